The lowest BCUT2D eigenvalue weighted by Crippen LogP contribution is -2.37. The number of hydrogen-bond acceptors (Lipinski definition) is 2. The molecule has 1 unspecified atom stereocenters. The average molecular weight is 267 g/mol. The fourth-order valence-corrected chi connectivity index (χ4v) is 2.01. The van der Waals surface area contributed by atoms with E-state index in [1.807, 2.05) is 6.07 Å². The Morgan fingerprint density at radius 3 is 2.74 bits per heavy atom. The molecule has 0 radical (unpaired) electrons. The van der Waals surface area contributed by atoms with Gasteiger partial charge in [0.2, 0.25) is 0 Å². The zero-order chi connectivity index (χ0) is 14.3. The van der Waals surface area contributed by atoms with Gasteiger partial charge in [-0.3, -0.25) is 0 Å². The lowest BCUT2D eigenvalue weighted by molar-refractivity contribution is 0.149. The Morgan fingerprint density at radius 2 is 2.11 bits per heavy atom. The van der Waals surface area contributed by atoms with E-state index in [0.717, 1.165) is 31.6 Å². The molecule has 0 saturated carbocycles. The Balaban J connectivity index is 2.37. The molecule has 0 amide bonds. The van der Waals surface area contributed by atoms with Crippen molar-refractivity contribution in [1.82, 2.24) is 5.32 Å². The number of nitrogens with one attached hydrogen (secondary N) is 1. The first-order valence-electron chi connectivity index (χ1n) is 6.90. The van der Waals surface area contributed by atoms with E-state index in [-0.39, 0.29) is 11.2 Å². The summed E-state index contributed by atoms with van der Waals surface area (Å²) in [5.41, 5.74) is 1.25. The summed E-state index contributed by atoms with van der Waals surface area (Å²) in [7, 11) is 1.73. The molecular weight excluding hydrogens is 241 g/mol. The fraction of sp³-hybridized carbons (Fsp3) is 0.625. The maximum Gasteiger partial charge on any atom is 0.123 e. The van der Waals surface area contributed by atoms with Crippen LogP contribution in [0.5, 0.6) is 0 Å². The molecule has 1 aromatic carbocycles. The minimum atomic E-state index is -0.162. The second-order valence-electron chi connectivity index (χ2n) is 6.02. The van der Waals surface area contributed by atoms with Crippen LogP contribution in [0.4, 0.5) is 4.39 Å². The van der Waals surface area contributed by atoms with E-state index in [2.05, 4.69) is 26.1 Å². The molecule has 108 valence electrons. The number of hydrogen-bond donors (Lipinski definition) is 1. The molecule has 0 saturated heterocycles. The zero-order valence-corrected chi connectivity index (χ0v) is 12.5. The van der Waals surface area contributed by atoms with Crippen molar-refractivity contribution in [3.8, 4) is 0 Å². The quantitative estimate of drug-likeness (QED) is 0.779. The van der Waals surface area contributed by atoms with Crippen LogP contribution in [-0.2, 0) is 11.2 Å². The molecule has 0 aliphatic heterocycles. The number of methoxy groups -OCH3 is 1. The summed E-state index contributed by atoms with van der Waals surface area (Å²) in [6.45, 7) is 8.32. The highest BCUT2D eigenvalue weighted by molar-refractivity contribution is 5.17. The second-order valence-corrected chi connectivity index (χ2v) is 6.02. The molecule has 3 heteroatoms. The Hall–Kier alpha value is -0.930. The van der Waals surface area contributed by atoms with Gasteiger partial charge in [0.1, 0.15) is 5.82 Å². The van der Waals surface area contributed by atoms with Crippen molar-refractivity contribution in [2.45, 2.75) is 39.7 Å². The van der Waals surface area contributed by atoms with Crippen molar-refractivity contribution in [2.75, 3.05) is 20.3 Å². The number of ether oxygens (including phenoxy) is 1. The van der Waals surface area contributed by atoms with Crippen LogP contribution < -0.4 is 5.32 Å². The van der Waals surface area contributed by atoms with Crippen LogP contribution in [0.25, 0.3) is 0 Å². The second kappa shape index (κ2) is 7.61. The Labute approximate surface area is 116 Å². The Morgan fingerprint density at radius 1 is 1.37 bits per heavy atom. The minimum absolute atomic E-state index is 0.162. The van der Waals surface area contributed by atoms with Crippen molar-refractivity contribution in [3.05, 3.63) is 35.6 Å². The molecule has 1 aromatic rings. The SMILES string of the molecule is COCCC(C)(C)CNC(C)Cc1cccc(F)c1. The maximum absolute atomic E-state index is 13.1. The monoisotopic (exact) mass is 267 g/mol. The van der Waals surface area contributed by atoms with Gasteiger partial charge in [-0.15, -0.1) is 0 Å². The highest BCUT2D eigenvalue weighted by Gasteiger charge is 2.18. The van der Waals surface area contributed by atoms with Crippen LogP contribution in [0.2, 0.25) is 0 Å². The molecule has 0 aliphatic carbocycles. The smallest absolute Gasteiger partial charge is 0.123 e. The summed E-state index contributed by atoms with van der Waals surface area (Å²) in [4.78, 5) is 0. The fourth-order valence-electron chi connectivity index (χ4n) is 2.01. The third-order valence-electron chi connectivity index (χ3n) is 3.34. The molecule has 1 N–H and O–H groups in total. The van der Waals surface area contributed by atoms with Gasteiger partial charge >= 0.3 is 0 Å². The molecule has 0 bridgehead atoms. The molecule has 1 atom stereocenters. The standard InChI is InChI=1S/C16H26FNO/c1-13(10-14-6-5-7-15(17)11-14)18-12-16(2,3)8-9-19-4/h5-7,11,13,18H,8-10,12H2,1-4H3. The summed E-state index contributed by atoms with van der Waals surface area (Å²) in [5, 5.41) is 3.52. The largest absolute Gasteiger partial charge is 0.385 e. The molecule has 0 heterocycles. The Kier molecular flexibility index (Phi) is 6.46. The molecule has 0 fully saturated rings. The minimum Gasteiger partial charge on any atom is -0.385 e. The van der Waals surface area contributed by atoms with E-state index in [9.17, 15) is 4.39 Å². The van der Waals surface area contributed by atoms with E-state index in [0.29, 0.717) is 6.04 Å². The maximum atomic E-state index is 13.1. The van der Waals surface area contributed by atoms with Gasteiger partial charge in [0, 0.05) is 26.3 Å². The van der Waals surface area contributed by atoms with Crippen LogP contribution in [0.15, 0.2) is 24.3 Å². The van der Waals surface area contributed by atoms with E-state index in [4.69, 9.17) is 4.74 Å². The summed E-state index contributed by atoms with van der Waals surface area (Å²) in [6.07, 6.45) is 1.88. The highest BCUT2D eigenvalue weighted by Crippen LogP contribution is 2.19. The summed E-state index contributed by atoms with van der Waals surface area (Å²) < 4.78 is 18.2. The van der Waals surface area contributed by atoms with Crippen LogP contribution in [0.1, 0.15) is 32.8 Å². The van der Waals surface area contributed by atoms with Crippen molar-refractivity contribution < 1.29 is 9.13 Å². The topological polar surface area (TPSA) is 21.3 Å². The molecule has 0 aliphatic rings. The van der Waals surface area contributed by atoms with E-state index in [1.54, 1.807) is 19.2 Å². The van der Waals surface area contributed by atoms with Crippen molar-refractivity contribution in [2.24, 2.45) is 5.41 Å². The predicted octanol–water partition coefficient (Wildman–Crippen LogP) is 3.41. The number of rotatable bonds is 8. The van der Waals surface area contributed by atoms with Gasteiger partial charge in [-0.25, -0.2) is 4.39 Å². The first kappa shape index (κ1) is 16.1. The summed E-state index contributed by atoms with van der Waals surface area (Å²) in [5.74, 6) is -0.162. The molecule has 2 nitrogen and oxygen atoms in total. The van der Waals surface area contributed by atoms with Gasteiger partial charge in [-0.1, -0.05) is 26.0 Å². The zero-order valence-electron chi connectivity index (χ0n) is 12.5. The van der Waals surface area contributed by atoms with Crippen LogP contribution >= 0.6 is 0 Å². The third-order valence-corrected chi connectivity index (χ3v) is 3.34. The van der Waals surface area contributed by atoms with E-state index < -0.39 is 0 Å². The van der Waals surface area contributed by atoms with Gasteiger partial charge in [0.15, 0.2) is 0 Å². The average Bonchev–Trinajstić information content (AvgIpc) is 2.34. The van der Waals surface area contributed by atoms with Crippen LogP contribution in [0, 0.1) is 11.2 Å². The molecule has 0 aromatic heterocycles. The van der Waals surface area contributed by atoms with Crippen molar-refractivity contribution >= 4 is 0 Å². The van der Waals surface area contributed by atoms with Crippen LogP contribution in [-0.4, -0.2) is 26.3 Å². The van der Waals surface area contributed by atoms with E-state index >= 15 is 0 Å². The number of halogens is 1. The normalized spacial score (nSPS) is 13.5. The lowest BCUT2D eigenvalue weighted by atomic mass is 9.89. The third kappa shape index (κ3) is 6.69. The van der Waals surface area contributed by atoms with E-state index in [1.165, 1.54) is 6.07 Å². The van der Waals surface area contributed by atoms with Crippen LogP contribution in [0.3, 0.4) is 0 Å². The van der Waals surface area contributed by atoms with Gasteiger partial charge in [-0.2, -0.15) is 0 Å². The van der Waals surface area contributed by atoms with Gasteiger partial charge < -0.3 is 10.1 Å². The summed E-state index contributed by atoms with van der Waals surface area (Å²) >= 11 is 0. The van der Waals surface area contributed by atoms with Gasteiger partial charge in [-0.05, 0) is 42.9 Å². The van der Waals surface area contributed by atoms with Gasteiger partial charge in [0.25, 0.3) is 0 Å². The number of benzene rings is 1. The lowest BCUT2D eigenvalue weighted by Gasteiger charge is -2.27. The molecule has 0 spiro atoms. The molecular formula is C16H26FNO. The van der Waals surface area contributed by atoms with Gasteiger partial charge in [0.05, 0.1) is 0 Å². The molecule has 19 heavy (non-hydrogen) atoms. The Bertz CT molecular complexity index is 379. The summed E-state index contributed by atoms with van der Waals surface area (Å²) in [6, 6.07) is 7.16. The first-order valence-corrected chi connectivity index (χ1v) is 6.90. The first-order chi connectivity index (χ1) is 8.93. The van der Waals surface area contributed by atoms with Crippen molar-refractivity contribution in [3.63, 3.8) is 0 Å². The molecule has 1 rings (SSSR count). The van der Waals surface area contributed by atoms with Crippen molar-refractivity contribution in [1.29, 1.82) is 0 Å². The predicted molar refractivity (Wildman–Crippen MR) is 77.8 cm³/mol. The highest BCUT2D eigenvalue weighted by atomic mass is 19.1.